The van der Waals surface area contributed by atoms with Crippen molar-refractivity contribution in [1.82, 2.24) is 4.90 Å². The maximum absolute atomic E-state index is 14.8. The number of likely N-dealkylation sites (tertiary alicyclic amines) is 1. The van der Waals surface area contributed by atoms with Crippen molar-refractivity contribution < 1.29 is 24.2 Å². The van der Waals surface area contributed by atoms with Crippen molar-refractivity contribution in [2.45, 2.75) is 75.3 Å². The molecule has 6 atom stereocenters. The van der Waals surface area contributed by atoms with Gasteiger partial charge in [0.25, 0.3) is 5.91 Å². The highest BCUT2D eigenvalue weighted by atomic mass is 32.2. The van der Waals surface area contributed by atoms with Gasteiger partial charge in [-0.25, -0.2) is 0 Å². The lowest BCUT2D eigenvalue weighted by atomic mass is 9.66. The molecule has 3 aliphatic heterocycles. The Labute approximate surface area is 261 Å². The number of hydrogen-bond donors (Lipinski definition) is 1. The van der Waals surface area contributed by atoms with E-state index in [1.165, 1.54) is 0 Å². The van der Waals surface area contributed by atoms with Crippen molar-refractivity contribution in [3.05, 3.63) is 49.6 Å². The van der Waals surface area contributed by atoms with E-state index in [2.05, 4.69) is 38.8 Å². The van der Waals surface area contributed by atoms with Gasteiger partial charge in [-0.2, -0.15) is 0 Å². The fourth-order valence-corrected chi connectivity index (χ4v) is 9.80. The molecule has 1 N–H and O–H groups in total. The molecule has 1 spiro atoms. The third-order valence-electron chi connectivity index (χ3n) is 9.47. The first-order valence-electron chi connectivity index (χ1n) is 15.9. The zero-order valence-electron chi connectivity index (χ0n) is 26.1. The predicted molar refractivity (Wildman–Crippen MR) is 174 cm³/mol. The number of hydrogen-bond acceptors (Lipinski definition) is 7. The van der Waals surface area contributed by atoms with E-state index in [-0.39, 0.29) is 35.6 Å². The fourth-order valence-electron chi connectivity index (χ4n) is 7.39. The molecule has 3 aliphatic rings. The highest BCUT2D eigenvalue weighted by Gasteiger charge is 2.76. The van der Waals surface area contributed by atoms with Crippen LogP contribution in [0.15, 0.2) is 49.6 Å². The summed E-state index contributed by atoms with van der Waals surface area (Å²) >= 11 is 1.66. The van der Waals surface area contributed by atoms with Gasteiger partial charge in [0, 0.05) is 49.4 Å². The zero-order chi connectivity index (χ0) is 31.1. The second kappa shape index (κ2) is 14.8. The SMILES string of the molecule is C=CCCCCOC(=O)[C@@H]1[C@@H]2CC(C)C3(S2)C(C(=O)N(CC=C)c2ccc(N(CC)CC)cc2)N(CCCCO)C(=O)[C@H]13. The van der Waals surface area contributed by atoms with E-state index >= 15 is 0 Å². The molecule has 3 unspecified atom stereocenters. The molecule has 0 aromatic heterocycles. The Balaban J connectivity index is 1.67. The van der Waals surface area contributed by atoms with E-state index in [1.54, 1.807) is 27.6 Å². The number of ether oxygens (including phenoxy) is 1. The molecule has 0 radical (unpaired) electrons. The van der Waals surface area contributed by atoms with Crippen LogP contribution in [0.3, 0.4) is 0 Å². The number of nitrogens with zero attached hydrogens (tertiary/aromatic N) is 3. The Morgan fingerprint density at radius 1 is 1.09 bits per heavy atom. The number of thioether (sulfide) groups is 1. The third kappa shape index (κ3) is 6.25. The summed E-state index contributed by atoms with van der Waals surface area (Å²) in [5.74, 6) is -1.70. The summed E-state index contributed by atoms with van der Waals surface area (Å²) < 4.78 is 5.03. The Kier molecular flexibility index (Phi) is 11.4. The number of unbranched alkanes of at least 4 members (excludes halogenated alkanes) is 3. The molecule has 2 bridgehead atoms. The summed E-state index contributed by atoms with van der Waals surface area (Å²) in [7, 11) is 0. The van der Waals surface area contributed by atoms with E-state index in [0.717, 1.165) is 50.1 Å². The fraction of sp³-hybridized carbons (Fsp3) is 0.618. The van der Waals surface area contributed by atoms with Crippen LogP contribution in [0.4, 0.5) is 11.4 Å². The Morgan fingerprint density at radius 3 is 2.42 bits per heavy atom. The lowest BCUT2D eigenvalue weighted by Crippen LogP contribution is -2.57. The molecule has 1 aromatic carbocycles. The number of carbonyl (C=O) groups excluding carboxylic acids is 3. The first-order valence-corrected chi connectivity index (χ1v) is 16.8. The molecule has 2 amide bonds. The molecular weight excluding hydrogens is 562 g/mol. The van der Waals surface area contributed by atoms with Gasteiger partial charge in [-0.05, 0) is 82.6 Å². The topological polar surface area (TPSA) is 90.4 Å². The summed E-state index contributed by atoms with van der Waals surface area (Å²) in [4.78, 5) is 48.3. The smallest absolute Gasteiger partial charge is 0.310 e. The summed E-state index contributed by atoms with van der Waals surface area (Å²) in [6.45, 7) is 16.8. The molecule has 0 aliphatic carbocycles. The number of carbonyl (C=O) groups is 3. The number of aliphatic hydroxyl groups excluding tert-OH is 1. The van der Waals surface area contributed by atoms with Gasteiger partial charge in [0.2, 0.25) is 5.91 Å². The van der Waals surface area contributed by atoms with Crippen LogP contribution in [0.2, 0.25) is 0 Å². The number of anilines is 2. The monoisotopic (exact) mass is 611 g/mol. The molecule has 0 saturated carbocycles. The average molecular weight is 612 g/mol. The molecular formula is C34H49N3O5S. The molecule has 43 heavy (non-hydrogen) atoms. The molecule has 3 fully saturated rings. The largest absolute Gasteiger partial charge is 0.465 e. The molecule has 4 rings (SSSR count). The minimum absolute atomic E-state index is 0.0186. The highest BCUT2D eigenvalue weighted by molar-refractivity contribution is 8.02. The van der Waals surface area contributed by atoms with Crippen molar-refractivity contribution in [1.29, 1.82) is 0 Å². The summed E-state index contributed by atoms with van der Waals surface area (Å²) in [5, 5.41) is 9.42. The lowest BCUT2D eigenvalue weighted by Gasteiger charge is -2.40. The number of amides is 2. The Morgan fingerprint density at radius 2 is 1.79 bits per heavy atom. The molecule has 8 nitrogen and oxygen atoms in total. The van der Waals surface area contributed by atoms with Crippen molar-refractivity contribution in [2.75, 3.05) is 49.2 Å². The number of aliphatic hydroxyl groups is 1. The maximum atomic E-state index is 14.8. The number of rotatable bonds is 17. The molecule has 9 heteroatoms. The van der Waals surface area contributed by atoms with E-state index in [9.17, 15) is 19.5 Å². The molecule has 236 valence electrons. The first-order chi connectivity index (χ1) is 20.8. The number of fused-ring (bicyclic) bond motifs is 1. The first kappa shape index (κ1) is 33.1. The van der Waals surface area contributed by atoms with Gasteiger partial charge < -0.3 is 24.5 Å². The van der Waals surface area contributed by atoms with Crippen LogP contribution in [0.25, 0.3) is 0 Å². The van der Waals surface area contributed by atoms with Gasteiger partial charge >= 0.3 is 5.97 Å². The van der Waals surface area contributed by atoms with Crippen molar-refractivity contribution in [2.24, 2.45) is 17.8 Å². The van der Waals surface area contributed by atoms with Crippen molar-refractivity contribution >= 4 is 40.9 Å². The van der Waals surface area contributed by atoms with Crippen molar-refractivity contribution in [3.8, 4) is 0 Å². The predicted octanol–water partition coefficient (Wildman–Crippen LogP) is 5.06. The van der Waals surface area contributed by atoms with E-state index < -0.39 is 22.6 Å². The van der Waals surface area contributed by atoms with Crippen LogP contribution in [-0.4, -0.2) is 83.2 Å². The van der Waals surface area contributed by atoms with Crippen LogP contribution >= 0.6 is 11.8 Å². The minimum atomic E-state index is -0.721. The van der Waals surface area contributed by atoms with E-state index in [4.69, 9.17) is 4.74 Å². The van der Waals surface area contributed by atoms with Gasteiger partial charge in [0.15, 0.2) is 0 Å². The number of allylic oxidation sites excluding steroid dienone is 1. The Hall–Kier alpha value is -2.78. The van der Waals surface area contributed by atoms with E-state index in [0.29, 0.717) is 32.5 Å². The van der Waals surface area contributed by atoms with Crippen LogP contribution in [0.1, 0.15) is 59.3 Å². The van der Waals surface area contributed by atoms with Crippen LogP contribution in [0.5, 0.6) is 0 Å². The highest BCUT2D eigenvalue weighted by Crippen LogP contribution is 2.68. The van der Waals surface area contributed by atoms with Crippen LogP contribution < -0.4 is 9.80 Å². The standard InChI is InChI=1S/C34H49N3O5S/c1-6-10-11-14-22-42-33(41)28-27-23-24(5)34(43-27)29(28)31(39)37(20-12-13-21-38)30(34)32(40)36(19-7-2)26-17-15-25(16-18-26)35(8-3)9-4/h6-7,15-18,24,27-30,38H,1-2,8-14,19-23H2,3-5H3/t24?,27-,28+,29-,30?,34?/m0/s1. The van der Waals surface area contributed by atoms with Crippen LogP contribution in [0, 0.1) is 17.8 Å². The summed E-state index contributed by atoms with van der Waals surface area (Å²) in [6, 6.07) is 7.27. The summed E-state index contributed by atoms with van der Waals surface area (Å²) in [6.07, 6.45) is 7.96. The molecule has 3 heterocycles. The maximum Gasteiger partial charge on any atom is 0.310 e. The molecule has 1 aromatic rings. The number of benzene rings is 1. The average Bonchev–Trinajstić information content (AvgIpc) is 3.60. The second-order valence-corrected chi connectivity index (χ2v) is 13.4. The Bertz CT molecular complexity index is 1160. The van der Waals surface area contributed by atoms with E-state index in [1.807, 2.05) is 30.3 Å². The van der Waals surface area contributed by atoms with Gasteiger partial charge in [0.1, 0.15) is 6.04 Å². The van der Waals surface area contributed by atoms with Gasteiger partial charge in [-0.3, -0.25) is 14.4 Å². The second-order valence-electron chi connectivity index (χ2n) is 11.9. The summed E-state index contributed by atoms with van der Waals surface area (Å²) in [5.41, 5.74) is 1.84. The van der Waals surface area contributed by atoms with Gasteiger partial charge in [-0.1, -0.05) is 19.1 Å². The van der Waals surface area contributed by atoms with Crippen LogP contribution in [-0.2, 0) is 19.1 Å². The molecule has 3 saturated heterocycles. The third-order valence-corrected chi connectivity index (χ3v) is 11.5. The zero-order valence-corrected chi connectivity index (χ0v) is 26.9. The lowest BCUT2D eigenvalue weighted by molar-refractivity contribution is -0.154. The quantitative estimate of drug-likeness (QED) is 0.150. The minimum Gasteiger partial charge on any atom is -0.465 e. The number of esters is 1. The normalized spacial score (nSPS) is 27.2. The van der Waals surface area contributed by atoms with Gasteiger partial charge in [-0.15, -0.1) is 24.9 Å². The van der Waals surface area contributed by atoms with Crippen molar-refractivity contribution in [3.63, 3.8) is 0 Å². The van der Waals surface area contributed by atoms with Gasteiger partial charge in [0.05, 0.1) is 23.2 Å².